The first-order valence-electron chi connectivity index (χ1n) is 4.66. The van der Waals surface area contributed by atoms with Crippen molar-refractivity contribution in [2.75, 3.05) is 13.2 Å². The average Bonchev–Trinajstić information content (AvgIpc) is 2.05. The van der Waals surface area contributed by atoms with Gasteiger partial charge in [-0.2, -0.15) is 0 Å². The Labute approximate surface area is 79.8 Å². The number of hydrogen-bond donors (Lipinski definition) is 4. The fourth-order valence-corrected chi connectivity index (χ4v) is 0.611. The maximum atomic E-state index is 8.61. The third-order valence-electron chi connectivity index (χ3n) is 1.38. The van der Waals surface area contributed by atoms with Crippen LogP contribution in [0.1, 0.15) is 33.1 Å². The molecular formula is C9H22O4. The predicted octanol–water partition coefficient (Wildman–Crippen LogP) is -0.111. The molecule has 0 fully saturated rings. The molecule has 0 aliphatic rings. The molecular weight excluding hydrogens is 172 g/mol. The Morgan fingerprint density at radius 1 is 1.08 bits per heavy atom. The van der Waals surface area contributed by atoms with E-state index in [2.05, 4.69) is 0 Å². The van der Waals surface area contributed by atoms with Gasteiger partial charge >= 0.3 is 0 Å². The van der Waals surface area contributed by atoms with Crippen molar-refractivity contribution in [3.8, 4) is 0 Å². The summed E-state index contributed by atoms with van der Waals surface area (Å²) < 4.78 is 0. The standard InChI is InChI=1S/C5H12O2.C4H10O2/c1-2-3-5(7)4-6;1-4(6)2-3-5/h5-7H,2-4H2,1H3;4-6H,2-3H2,1H3. The molecule has 0 saturated carbocycles. The first-order valence-corrected chi connectivity index (χ1v) is 4.66. The lowest BCUT2D eigenvalue weighted by Crippen LogP contribution is -2.10. The normalized spacial score (nSPS) is 14.3. The third-order valence-corrected chi connectivity index (χ3v) is 1.38. The quantitative estimate of drug-likeness (QED) is 0.492. The summed E-state index contributed by atoms with van der Waals surface area (Å²) >= 11 is 0. The Bertz CT molecular complexity index is 85.7. The van der Waals surface area contributed by atoms with Crippen molar-refractivity contribution in [1.29, 1.82) is 0 Å². The van der Waals surface area contributed by atoms with E-state index in [1.165, 1.54) is 0 Å². The predicted molar refractivity (Wildman–Crippen MR) is 51.4 cm³/mol. The highest BCUT2D eigenvalue weighted by atomic mass is 16.3. The first kappa shape index (κ1) is 15.3. The van der Waals surface area contributed by atoms with Crippen molar-refractivity contribution in [3.05, 3.63) is 0 Å². The monoisotopic (exact) mass is 194 g/mol. The molecule has 82 valence electrons. The minimum atomic E-state index is -0.495. The van der Waals surface area contributed by atoms with Gasteiger partial charge in [0.15, 0.2) is 0 Å². The van der Waals surface area contributed by atoms with E-state index in [0.717, 1.165) is 6.42 Å². The van der Waals surface area contributed by atoms with Crippen molar-refractivity contribution >= 4 is 0 Å². The molecule has 2 atom stereocenters. The Kier molecular flexibility index (Phi) is 14.0. The van der Waals surface area contributed by atoms with Crippen LogP contribution < -0.4 is 0 Å². The molecule has 0 rings (SSSR count). The highest BCUT2D eigenvalue weighted by molar-refractivity contribution is 4.48. The van der Waals surface area contributed by atoms with E-state index in [1.54, 1.807) is 6.92 Å². The molecule has 4 N–H and O–H groups in total. The average molecular weight is 194 g/mol. The van der Waals surface area contributed by atoms with Crippen LogP contribution in [0.3, 0.4) is 0 Å². The molecule has 0 heterocycles. The molecule has 2 unspecified atom stereocenters. The largest absolute Gasteiger partial charge is 0.396 e. The molecule has 0 aromatic carbocycles. The van der Waals surface area contributed by atoms with Crippen LogP contribution in [-0.4, -0.2) is 45.8 Å². The second-order valence-corrected chi connectivity index (χ2v) is 2.99. The fourth-order valence-electron chi connectivity index (χ4n) is 0.611. The summed E-state index contributed by atoms with van der Waals surface area (Å²) in [7, 11) is 0. The minimum absolute atomic E-state index is 0.0810. The van der Waals surface area contributed by atoms with Crippen molar-refractivity contribution in [3.63, 3.8) is 0 Å². The lowest BCUT2D eigenvalue weighted by Gasteiger charge is -2.01. The zero-order chi connectivity index (χ0) is 10.7. The summed E-state index contributed by atoms with van der Waals surface area (Å²) in [6.07, 6.45) is 1.28. The molecule has 0 radical (unpaired) electrons. The highest BCUT2D eigenvalue weighted by Gasteiger charge is 1.95. The van der Waals surface area contributed by atoms with Gasteiger partial charge in [-0.15, -0.1) is 0 Å². The van der Waals surface area contributed by atoms with E-state index in [9.17, 15) is 0 Å². The summed E-state index contributed by atoms with van der Waals surface area (Å²) in [5.41, 5.74) is 0. The lowest BCUT2D eigenvalue weighted by atomic mass is 10.2. The van der Waals surface area contributed by atoms with Gasteiger partial charge < -0.3 is 20.4 Å². The van der Waals surface area contributed by atoms with E-state index < -0.39 is 6.10 Å². The second kappa shape index (κ2) is 11.8. The van der Waals surface area contributed by atoms with Gasteiger partial charge in [0.2, 0.25) is 0 Å². The molecule has 0 amide bonds. The molecule has 0 spiro atoms. The van der Waals surface area contributed by atoms with Gasteiger partial charge in [-0.25, -0.2) is 0 Å². The van der Waals surface area contributed by atoms with E-state index in [-0.39, 0.29) is 19.3 Å². The van der Waals surface area contributed by atoms with Gasteiger partial charge in [0.1, 0.15) is 0 Å². The Morgan fingerprint density at radius 2 is 1.62 bits per heavy atom. The number of hydrogen-bond acceptors (Lipinski definition) is 4. The minimum Gasteiger partial charge on any atom is -0.396 e. The zero-order valence-electron chi connectivity index (χ0n) is 8.48. The van der Waals surface area contributed by atoms with Crippen LogP contribution in [0.5, 0.6) is 0 Å². The van der Waals surface area contributed by atoms with Crippen molar-refractivity contribution in [2.45, 2.75) is 45.3 Å². The number of aliphatic hydroxyl groups excluding tert-OH is 4. The molecule has 4 nitrogen and oxygen atoms in total. The van der Waals surface area contributed by atoms with E-state index in [0.29, 0.717) is 12.8 Å². The Balaban J connectivity index is 0. The molecule has 0 saturated heterocycles. The molecule has 0 aromatic rings. The maximum Gasteiger partial charge on any atom is 0.0770 e. The topological polar surface area (TPSA) is 80.9 Å². The highest BCUT2D eigenvalue weighted by Crippen LogP contribution is 1.92. The molecule has 13 heavy (non-hydrogen) atoms. The molecule has 0 aliphatic heterocycles. The number of aliphatic hydroxyl groups is 4. The van der Waals surface area contributed by atoms with Gasteiger partial charge in [0.05, 0.1) is 18.8 Å². The van der Waals surface area contributed by atoms with E-state index in [4.69, 9.17) is 20.4 Å². The van der Waals surface area contributed by atoms with Crippen LogP contribution >= 0.6 is 0 Å². The fraction of sp³-hybridized carbons (Fsp3) is 1.00. The van der Waals surface area contributed by atoms with Crippen LogP contribution in [0.2, 0.25) is 0 Å². The SMILES string of the molecule is CC(O)CCO.CCCC(O)CO. The van der Waals surface area contributed by atoms with Crippen LogP contribution in [0.25, 0.3) is 0 Å². The van der Waals surface area contributed by atoms with E-state index >= 15 is 0 Å². The van der Waals surface area contributed by atoms with E-state index in [1.807, 2.05) is 6.92 Å². The van der Waals surface area contributed by atoms with Crippen LogP contribution in [-0.2, 0) is 0 Å². The summed E-state index contributed by atoms with van der Waals surface area (Å²) in [4.78, 5) is 0. The third kappa shape index (κ3) is 18.7. The van der Waals surface area contributed by atoms with Crippen LogP contribution in [0.15, 0.2) is 0 Å². The molecule has 0 aliphatic carbocycles. The van der Waals surface area contributed by atoms with Gasteiger partial charge in [-0.1, -0.05) is 13.3 Å². The van der Waals surface area contributed by atoms with Crippen molar-refractivity contribution in [1.82, 2.24) is 0 Å². The Morgan fingerprint density at radius 3 is 1.69 bits per heavy atom. The number of rotatable bonds is 5. The summed E-state index contributed by atoms with van der Waals surface area (Å²) in [5, 5.41) is 33.3. The first-order chi connectivity index (χ1) is 6.08. The maximum absolute atomic E-state index is 8.61. The lowest BCUT2D eigenvalue weighted by molar-refractivity contribution is 0.0877. The summed E-state index contributed by atoms with van der Waals surface area (Å²) in [6, 6.07) is 0. The Hall–Kier alpha value is -0.160. The van der Waals surface area contributed by atoms with Gasteiger partial charge in [0, 0.05) is 6.61 Å². The molecule has 4 heteroatoms. The van der Waals surface area contributed by atoms with Gasteiger partial charge in [-0.3, -0.25) is 0 Å². The van der Waals surface area contributed by atoms with Crippen LogP contribution in [0.4, 0.5) is 0 Å². The van der Waals surface area contributed by atoms with Crippen LogP contribution in [0, 0.1) is 0 Å². The summed E-state index contributed by atoms with van der Waals surface area (Å²) in [6.45, 7) is 3.60. The second-order valence-electron chi connectivity index (χ2n) is 2.99. The van der Waals surface area contributed by atoms with Crippen molar-refractivity contribution in [2.24, 2.45) is 0 Å². The van der Waals surface area contributed by atoms with Crippen molar-refractivity contribution < 1.29 is 20.4 Å². The van der Waals surface area contributed by atoms with Gasteiger partial charge in [-0.05, 0) is 19.8 Å². The smallest absolute Gasteiger partial charge is 0.0770 e. The molecule has 0 aromatic heterocycles. The van der Waals surface area contributed by atoms with Gasteiger partial charge in [0.25, 0.3) is 0 Å². The molecule has 0 bridgehead atoms. The zero-order valence-corrected chi connectivity index (χ0v) is 8.48. The summed E-state index contributed by atoms with van der Waals surface area (Å²) in [5.74, 6) is 0.